The first-order valence-electron chi connectivity index (χ1n) is 3.77. The van der Waals surface area contributed by atoms with Gasteiger partial charge in [-0.2, -0.15) is 0 Å². The molecule has 1 aliphatic heterocycles. The third-order valence-electron chi connectivity index (χ3n) is 3.17. The van der Waals surface area contributed by atoms with Gasteiger partial charge in [0, 0.05) is 5.92 Å². The molecule has 0 bridgehead atoms. The SMILES string of the molecule is CC(C)C1(C)[NH2+]C1(C)C.[Cl-].[Cl-]. The van der Waals surface area contributed by atoms with E-state index in [2.05, 4.69) is 39.9 Å². The van der Waals surface area contributed by atoms with E-state index in [-0.39, 0.29) is 24.8 Å². The predicted molar refractivity (Wildman–Crippen MR) is 39.2 cm³/mol. The first-order chi connectivity index (χ1) is 3.90. The highest BCUT2D eigenvalue weighted by atomic mass is 35.5. The summed E-state index contributed by atoms with van der Waals surface area (Å²) in [5, 5.41) is 2.45. The van der Waals surface area contributed by atoms with Crippen molar-refractivity contribution in [3.8, 4) is 0 Å². The fourth-order valence-corrected chi connectivity index (χ4v) is 1.62. The van der Waals surface area contributed by atoms with Crippen LogP contribution in [0.2, 0.25) is 0 Å². The molecule has 70 valence electrons. The molecule has 0 spiro atoms. The molecule has 0 aliphatic carbocycles. The molecular formula is C8H18Cl2N-. The lowest BCUT2D eigenvalue weighted by Gasteiger charge is -2.08. The second kappa shape index (κ2) is 3.51. The number of hydrogen-bond donors (Lipinski definition) is 1. The van der Waals surface area contributed by atoms with Gasteiger partial charge in [-0.15, -0.1) is 0 Å². The Kier molecular flexibility index (Phi) is 4.49. The maximum atomic E-state index is 2.45. The molecule has 0 aromatic carbocycles. The van der Waals surface area contributed by atoms with Crippen molar-refractivity contribution in [1.82, 2.24) is 0 Å². The fourth-order valence-electron chi connectivity index (χ4n) is 1.62. The monoisotopic (exact) mass is 198 g/mol. The summed E-state index contributed by atoms with van der Waals surface area (Å²) in [7, 11) is 0. The van der Waals surface area contributed by atoms with Crippen molar-refractivity contribution in [2.24, 2.45) is 5.92 Å². The van der Waals surface area contributed by atoms with Crippen molar-refractivity contribution in [1.29, 1.82) is 0 Å². The Morgan fingerprint density at radius 3 is 1.27 bits per heavy atom. The van der Waals surface area contributed by atoms with Crippen LogP contribution in [0.15, 0.2) is 0 Å². The van der Waals surface area contributed by atoms with Crippen LogP contribution in [0.4, 0.5) is 0 Å². The number of hydrogen-bond acceptors (Lipinski definition) is 0. The van der Waals surface area contributed by atoms with Gasteiger partial charge in [-0.25, -0.2) is 0 Å². The van der Waals surface area contributed by atoms with E-state index >= 15 is 0 Å². The van der Waals surface area contributed by atoms with E-state index in [4.69, 9.17) is 0 Å². The highest BCUT2D eigenvalue weighted by molar-refractivity contribution is 5.01. The molecule has 1 rings (SSSR count). The summed E-state index contributed by atoms with van der Waals surface area (Å²) in [5.41, 5.74) is 1.02. The molecule has 1 aliphatic rings. The molecule has 11 heavy (non-hydrogen) atoms. The zero-order chi connectivity index (χ0) is 7.28. The molecule has 1 nitrogen and oxygen atoms in total. The molecule has 0 aromatic heterocycles. The lowest BCUT2D eigenvalue weighted by atomic mass is 9.87. The molecule has 3 heteroatoms. The van der Waals surface area contributed by atoms with Crippen LogP contribution in [-0.2, 0) is 0 Å². The molecule has 1 atom stereocenters. The maximum Gasteiger partial charge on any atom is 0.150 e. The average Bonchev–Trinajstić information content (AvgIpc) is 2.08. The lowest BCUT2D eigenvalue weighted by Crippen LogP contribution is -3.00. The zero-order valence-corrected chi connectivity index (χ0v) is 9.42. The highest BCUT2D eigenvalue weighted by Crippen LogP contribution is 2.32. The van der Waals surface area contributed by atoms with Crippen molar-refractivity contribution in [2.75, 3.05) is 0 Å². The first kappa shape index (κ1) is 14.1. The largest absolute Gasteiger partial charge is 1.00 e. The Hall–Kier alpha value is 0.540. The lowest BCUT2D eigenvalue weighted by molar-refractivity contribution is -0.558. The standard InChI is InChI=1S/C8H17N.2ClH/c1-6(2)8(5)7(3,4)9-8;;/h6,9H,1-5H3;2*1H/p-1. The van der Waals surface area contributed by atoms with Gasteiger partial charge in [0.25, 0.3) is 0 Å². The Morgan fingerprint density at radius 1 is 1.00 bits per heavy atom. The fraction of sp³-hybridized carbons (Fsp3) is 1.00. The van der Waals surface area contributed by atoms with Crippen LogP contribution in [0, 0.1) is 5.92 Å². The van der Waals surface area contributed by atoms with Crippen LogP contribution in [0.3, 0.4) is 0 Å². The van der Waals surface area contributed by atoms with E-state index in [0.717, 1.165) is 5.92 Å². The molecule has 0 amide bonds. The van der Waals surface area contributed by atoms with Crippen LogP contribution < -0.4 is 30.1 Å². The summed E-state index contributed by atoms with van der Waals surface area (Å²) in [6.07, 6.45) is 0. The van der Waals surface area contributed by atoms with Gasteiger partial charge in [0.15, 0.2) is 5.54 Å². The summed E-state index contributed by atoms with van der Waals surface area (Å²) >= 11 is 0. The van der Waals surface area contributed by atoms with Gasteiger partial charge in [-0.05, 0) is 20.8 Å². The Morgan fingerprint density at radius 2 is 1.27 bits per heavy atom. The van der Waals surface area contributed by atoms with Crippen LogP contribution in [0.1, 0.15) is 34.6 Å². The van der Waals surface area contributed by atoms with Gasteiger partial charge in [0.1, 0.15) is 5.54 Å². The van der Waals surface area contributed by atoms with Gasteiger partial charge < -0.3 is 30.1 Å². The van der Waals surface area contributed by atoms with Crippen LogP contribution >= 0.6 is 0 Å². The summed E-state index contributed by atoms with van der Waals surface area (Å²) in [5.74, 6) is 0.799. The van der Waals surface area contributed by atoms with Gasteiger partial charge >= 0.3 is 0 Å². The highest BCUT2D eigenvalue weighted by Gasteiger charge is 2.65. The summed E-state index contributed by atoms with van der Waals surface area (Å²) in [6.45, 7) is 11.6. The predicted octanol–water partition coefficient (Wildman–Crippen LogP) is -5.24. The number of halogens is 2. The number of rotatable bonds is 1. The molecule has 0 saturated carbocycles. The smallest absolute Gasteiger partial charge is 0.150 e. The second-order valence-electron chi connectivity index (χ2n) is 4.30. The van der Waals surface area contributed by atoms with E-state index in [1.165, 1.54) is 0 Å². The normalized spacial score (nSPS) is 32.2. The van der Waals surface area contributed by atoms with E-state index in [9.17, 15) is 0 Å². The van der Waals surface area contributed by atoms with Crippen molar-refractivity contribution in [3.05, 3.63) is 0 Å². The maximum absolute atomic E-state index is 2.45. The third-order valence-corrected chi connectivity index (χ3v) is 3.17. The molecule has 1 saturated heterocycles. The van der Waals surface area contributed by atoms with Gasteiger partial charge in [-0.1, -0.05) is 13.8 Å². The number of quaternary nitrogens is 1. The second-order valence-corrected chi connectivity index (χ2v) is 4.30. The minimum Gasteiger partial charge on any atom is -1.00 e. The van der Waals surface area contributed by atoms with E-state index in [1.807, 2.05) is 0 Å². The minimum atomic E-state index is 0. The van der Waals surface area contributed by atoms with Crippen LogP contribution in [0.5, 0.6) is 0 Å². The first-order valence-corrected chi connectivity index (χ1v) is 3.77. The molecule has 0 aromatic rings. The Bertz CT molecular complexity index is 134. The molecule has 1 unspecified atom stereocenters. The topological polar surface area (TPSA) is 16.6 Å². The van der Waals surface area contributed by atoms with E-state index in [0.29, 0.717) is 11.1 Å². The van der Waals surface area contributed by atoms with Crippen LogP contribution in [-0.4, -0.2) is 11.1 Å². The van der Waals surface area contributed by atoms with Gasteiger partial charge in [0.2, 0.25) is 0 Å². The Labute approximate surface area is 82.1 Å². The number of nitrogens with two attached hydrogens (primary N) is 1. The van der Waals surface area contributed by atoms with Crippen molar-refractivity contribution >= 4 is 0 Å². The molecule has 0 radical (unpaired) electrons. The Balaban J connectivity index is 0. The zero-order valence-electron chi connectivity index (χ0n) is 7.91. The van der Waals surface area contributed by atoms with Crippen molar-refractivity contribution in [2.45, 2.75) is 45.7 Å². The quantitative estimate of drug-likeness (QED) is 0.406. The molecule has 2 N–H and O–H groups in total. The van der Waals surface area contributed by atoms with Crippen molar-refractivity contribution in [3.63, 3.8) is 0 Å². The van der Waals surface area contributed by atoms with Gasteiger partial charge in [0.05, 0.1) is 0 Å². The minimum absolute atomic E-state index is 0. The summed E-state index contributed by atoms with van der Waals surface area (Å²) < 4.78 is 0. The van der Waals surface area contributed by atoms with E-state index < -0.39 is 0 Å². The third kappa shape index (κ3) is 2.01. The molecule has 1 fully saturated rings. The van der Waals surface area contributed by atoms with E-state index in [1.54, 1.807) is 0 Å². The summed E-state index contributed by atoms with van der Waals surface area (Å²) in [4.78, 5) is 0. The van der Waals surface area contributed by atoms with Crippen molar-refractivity contribution < 1.29 is 30.1 Å². The van der Waals surface area contributed by atoms with Gasteiger partial charge in [-0.3, -0.25) is 0 Å². The average molecular weight is 199 g/mol. The van der Waals surface area contributed by atoms with Crippen LogP contribution in [0.25, 0.3) is 0 Å². The molecule has 1 heterocycles. The summed E-state index contributed by atoms with van der Waals surface area (Å²) in [6, 6.07) is 0. The molecular weight excluding hydrogens is 181 g/mol.